The third kappa shape index (κ3) is 4.67. The number of nitrogens with zero attached hydrogens (tertiary/aromatic N) is 4. The first kappa shape index (κ1) is 20.0. The summed E-state index contributed by atoms with van der Waals surface area (Å²) in [4.78, 5) is 17.0. The molecular formula is C21H27ClN4O3. The molecule has 2 aliphatic heterocycles. The van der Waals surface area contributed by atoms with Crippen molar-refractivity contribution in [1.29, 1.82) is 0 Å². The van der Waals surface area contributed by atoms with Gasteiger partial charge in [0.15, 0.2) is 11.5 Å². The van der Waals surface area contributed by atoms with Crippen LogP contribution in [-0.2, 0) is 24.8 Å². The first-order valence-electron chi connectivity index (χ1n) is 10.0. The highest BCUT2D eigenvalue weighted by molar-refractivity contribution is 6.31. The van der Waals surface area contributed by atoms with Crippen molar-refractivity contribution in [3.8, 4) is 11.5 Å². The Hall–Kier alpha value is -2.25. The van der Waals surface area contributed by atoms with Gasteiger partial charge in [0.1, 0.15) is 0 Å². The molecule has 3 heterocycles. The largest absolute Gasteiger partial charge is 0.454 e. The zero-order chi connectivity index (χ0) is 20.4. The second kappa shape index (κ2) is 8.63. The van der Waals surface area contributed by atoms with E-state index in [2.05, 4.69) is 23.2 Å². The average molecular weight is 419 g/mol. The SMILES string of the molecule is CN(CCc1cnn(C)c1)C1CCC(=O)N(Cc2cc3c(cc2Cl)OCO3)CC1. The van der Waals surface area contributed by atoms with Crippen molar-refractivity contribution < 1.29 is 14.3 Å². The van der Waals surface area contributed by atoms with Crippen molar-refractivity contribution in [3.05, 3.63) is 40.7 Å². The van der Waals surface area contributed by atoms with Crippen LogP contribution in [0.3, 0.4) is 0 Å². The summed E-state index contributed by atoms with van der Waals surface area (Å²) in [5, 5.41) is 4.84. The van der Waals surface area contributed by atoms with Gasteiger partial charge in [-0.25, -0.2) is 0 Å². The van der Waals surface area contributed by atoms with Gasteiger partial charge >= 0.3 is 0 Å². The molecule has 1 fully saturated rings. The van der Waals surface area contributed by atoms with Crippen molar-refractivity contribution in [3.63, 3.8) is 0 Å². The lowest BCUT2D eigenvalue weighted by molar-refractivity contribution is -0.131. The molecule has 0 spiro atoms. The van der Waals surface area contributed by atoms with Gasteiger partial charge in [-0.3, -0.25) is 9.48 Å². The molecule has 1 aromatic heterocycles. The highest BCUT2D eigenvalue weighted by Gasteiger charge is 2.26. The second-order valence-corrected chi connectivity index (χ2v) is 8.25. The molecule has 2 aliphatic rings. The zero-order valence-electron chi connectivity index (χ0n) is 16.9. The fourth-order valence-corrected chi connectivity index (χ4v) is 4.22. The number of rotatable bonds is 6. The monoisotopic (exact) mass is 418 g/mol. The third-order valence-electron chi connectivity index (χ3n) is 5.81. The van der Waals surface area contributed by atoms with Gasteiger partial charge in [-0.15, -0.1) is 0 Å². The summed E-state index contributed by atoms with van der Waals surface area (Å²) < 4.78 is 12.6. The number of fused-ring (bicyclic) bond motifs is 1. The van der Waals surface area contributed by atoms with Gasteiger partial charge in [0.2, 0.25) is 12.7 Å². The Morgan fingerprint density at radius 2 is 2.07 bits per heavy atom. The van der Waals surface area contributed by atoms with Gasteiger partial charge in [0, 0.05) is 56.4 Å². The lowest BCUT2D eigenvalue weighted by atomic mass is 10.1. The molecule has 0 N–H and O–H groups in total. The van der Waals surface area contributed by atoms with E-state index in [-0.39, 0.29) is 12.7 Å². The lowest BCUT2D eigenvalue weighted by Gasteiger charge is -2.27. The summed E-state index contributed by atoms with van der Waals surface area (Å²) in [7, 11) is 4.08. The van der Waals surface area contributed by atoms with E-state index in [9.17, 15) is 4.79 Å². The number of halogens is 1. The topological polar surface area (TPSA) is 59.8 Å². The van der Waals surface area contributed by atoms with E-state index in [4.69, 9.17) is 21.1 Å². The van der Waals surface area contributed by atoms with E-state index >= 15 is 0 Å². The molecule has 8 heteroatoms. The molecule has 29 heavy (non-hydrogen) atoms. The van der Waals surface area contributed by atoms with Crippen molar-refractivity contribution in [2.75, 3.05) is 26.9 Å². The highest BCUT2D eigenvalue weighted by Crippen LogP contribution is 2.37. The minimum absolute atomic E-state index is 0.182. The molecule has 1 amide bonds. The quantitative estimate of drug-likeness (QED) is 0.722. The van der Waals surface area contributed by atoms with Gasteiger partial charge in [-0.05, 0) is 43.5 Å². The smallest absolute Gasteiger partial charge is 0.231 e. The summed E-state index contributed by atoms with van der Waals surface area (Å²) in [6, 6.07) is 4.06. The summed E-state index contributed by atoms with van der Waals surface area (Å²) in [5.41, 5.74) is 2.13. The molecule has 0 saturated carbocycles. The van der Waals surface area contributed by atoms with Crippen LogP contribution in [0, 0.1) is 0 Å². The Morgan fingerprint density at radius 3 is 2.83 bits per heavy atom. The molecule has 0 aliphatic carbocycles. The van der Waals surface area contributed by atoms with Crippen LogP contribution in [0.2, 0.25) is 5.02 Å². The van der Waals surface area contributed by atoms with Crippen LogP contribution in [0.1, 0.15) is 30.4 Å². The standard InChI is InChI=1S/C21H27ClN4O3/c1-24(7-5-15-11-23-25(2)12-15)17-3-4-21(27)26(8-6-17)13-16-9-19-20(10-18(16)22)29-14-28-19/h9-12,17H,3-8,13-14H2,1-2H3. The fourth-order valence-electron chi connectivity index (χ4n) is 4.01. The Balaban J connectivity index is 1.35. The van der Waals surface area contributed by atoms with Crippen LogP contribution < -0.4 is 9.47 Å². The molecule has 1 atom stereocenters. The van der Waals surface area contributed by atoms with Crippen LogP contribution >= 0.6 is 11.6 Å². The molecular weight excluding hydrogens is 392 g/mol. The minimum atomic E-state index is 0.182. The van der Waals surface area contributed by atoms with Crippen molar-refractivity contribution in [2.24, 2.45) is 7.05 Å². The van der Waals surface area contributed by atoms with Crippen LogP contribution in [0.25, 0.3) is 0 Å². The number of likely N-dealkylation sites (tertiary alicyclic amines) is 1. The number of carbonyl (C=O) groups excluding carboxylic acids is 1. The molecule has 1 saturated heterocycles. The Kier molecular flexibility index (Phi) is 5.96. The molecule has 7 nitrogen and oxygen atoms in total. The van der Waals surface area contributed by atoms with Gasteiger partial charge in [-0.2, -0.15) is 5.10 Å². The number of aromatic nitrogens is 2. The van der Waals surface area contributed by atoms with Gasteiger partial charge in [0.25, 0.3) is 0 Å². The van der Waals surface area contributed by atoms with Crippen LogP contribution in [0.5, 0.6) is 11.5 Å². The van der Waals surface area contributed by atoms with Gasteiger partial charge in [0.05, 0.1) is 6.20 Å². The zero-order valence-corrected chi connectivity index (χ0v) is 17.7. The highest BCUT2D eigenvalue weighted by atomic mass is 35.5. The number of ether oxygens (including phenoxy) is 2. The molecule has 0 radical (unpaired) electrons. The van der Waals surface area contributed by atoms with Gasteiger partial charge < -0.3 is 19.3 Å². The molecule has 0 bridgehead atoms. The molecule has 1 unspecified atom stereocenters. The molecule has 4 rings (SSSR count). The van der Waals surface area contributed by atoms with Crippen LogP contribution in [-0.4, -0.2) is 58.5 Å². The number of likely N-dealkylation sites (N-methyl/N-ethyl adjacent to an activating group) is 1. The predicted octanol–water partition coefficient (Wildman–Crippen LogP) is 2.86. The van der Waals surface area contributed by atoms with Crippen molar-refractivity contribution in [2.45, 2.75) is 38.3 Å². The maximum atomic E-state index is 12.7. The summed E-state index contributed by atoms with van der Waals surface area (Å²) >= 11 is 6.41. The maximum absolute atomic E-state index is 12.7. The number of hydrogen-bond donors (Lipinski definition) is 0. The Labute approximate surface area is 176 Å². The summed E-state index contributed by atoms with van der Waals surface area (Å²) in [6.45, 7) is 2.40. The number of hydrogen-bond acceptors (Lipinski definition) is 5. The summed E-state index contributed by atoms with van der Waals surface area (Å²) in [6.07, 6.45) is 7.34. The van der Waals surface area contributed by atoms with E-state index in [1.165, 1.54) is 5.56 Å². The van der Waals surface area contributed by atoms with Crippen molar-refractivity contribution in [1.82, 2.24) is 19.6 Å². The first-order valence-corrected chi connectivity index (χ1v) is 10.4. The van der Waals surface area contributed by atoms with E-state index in [0.29, 0.717) is 35.5 Å². The van der Waals surface area contributed by atoms with E-state index in [0.717, 1.165) is 37.9 Å². The maximum Gasteiger partial charge on any atom is 0.231 e. The third-order valence-corrected chi connectivity index (χ3v) is 6.17. The summed E-state index contributed by atoms with van der Waals surface area (Å²) in [5.74, 6) is 1.54. The Morgan fingerprint density at radius 1 is 1.28 bits per heavy atom. The van der Waals surface area contributed by atoms with Gasteiger partial charge in [-0.1, -0.05) is 11.6 Å². The minimum Gasteiger partial charge on any atom is -0.454 e. The fraction of sp³-hybridized carbons (Fsp3) is 0.524. The van der Waals surface area contributed by atoms with Crippen LogP contribution in [0.15, 0.2) is 24.5 Å². The normalized spacial score (nSPS) is 19.1. The Bertz CT molecular complexity index is 885. The number of carbonyl (C=O) groups is 1. The van der Waals surface area contributed by atoms with Crippen molar-refractivity contribution >= 4 is 17.5 Å². The average Bonchev–Trinajstić information content (AvgIpc) is 3.28. The number of aryl methyl sites for hydroxylation is 1. The molecule has 1 aromatic carbocycles. The molecule has 156 valence electrons. The van der Waals surface area contributed by atoms with Crippen LogP contribution in [0.4, 0.5) is 0 Å². The number of benzene rings is 1. The first-order chi connectivity index (χ1) is 14.0. The van der Waals surface area contributed by atoms with E-state index < -0.39 is 0 Å². The molecule has 2 aromatic rings. The predicted molar refractivity (Wildman–Crippen MR) is 110 cm³/mol. The van der Waals surface area contributed by atoms with E-state index in [1.807, 2.05) is 28.9 Å². The van der Waals surface area contributed by atoms with E-state index in [1.54, 1.807) is 6.07 Å². The lowest BCUT2D eigenvalue weighted by Crippen LogP contribution is -2.34. The second-order valence-electron chi connectivity index (χ2n) is 7.85. The number of amides is 1.